The fourth-order valence-corrected chi connectivity index (χ4v) is 0.592. The van der Waals surface area contributed by atoms with Crippen molar-refractivity contribution in [1.82, 2.24) is 0 Å². The number of ether oxygens (including phenoxy) is 1. The minimum absolute atomic E-state index is 0.300. The highest BCUT2D eigenvalue weighted by Crippen LogP contribution is 1.84. The molecule has 0 aromatic carbocycles. The zero-order valence-electron chi connectivity index (χ0n) is 13.2. The molecule has 1 amide bonds. The number of esters is 2. The molecule has 0 fully saturated rings. The lowest BCUT2D eigenvalue weighted by Crippen LogP contribution is -2.34. The Morgan fingerprint density at radius 2 is 1.20 bits per heavy atom. The molecule has 0 radical (unpaired) electrons. The van der Waals surface area contributed by atoms with E-state index in [1.165, 1.54) is 0 Å². The Bertz CT molecular complexity index is 443. The lowest BCUT2D eigenvalue weighted by Gasteiger charge is -1.99. The second kappa shape index (κ2) is 16.2. The summed E-state index contributed by atoms with van der Waals surface area (Å²) >= 11 is 0. The van der Waals surface area contributed by atoms with Crippen LogP contribution in [0, 0.1) is 0 Å². The summed E-state index contributed by atoms with van der Waals surface area (Å²) in [4.78, 5) is 49.9. The second-order valence-corrected chi connectivity index (χ2v) is 4.00. The molecule has 0 saturated heterocycles. The number of aliphatic carboxylic acids is 2. The van der Waals surface area contributed by atoms with E-state index >= 15 is 0 Å². The third-order valence-electron chi connectivity index (χ3n) is 1.81. The van der Waals surface area contributed by atoms with Gasteiger partial charge in [0, 0.05) is 0 Å². The Hall–Kier alpha value is -2.65. The summed E-state index contributed by atoms with van der Waals surface area (Å²) in [5.74, 6) is -4.61. The van der Waals surface area contributed by atoms with E-state index in [4.69, 9.17) is 38.3 Å². The van der Waals surface area contributed by atoms with Crippen LogP contribution in [0.5, 0.6) is 0 Å². The molecule has 146 valence electrons. The van der Waals surface area contributed by atoms with Crippen LogP contribution in [0.4, 0.5) is 0 Å². The predicted molar refractivity (Wildman–Crippen MR) is 81.3 cm³/mol. The second-order valence-electron chi connectivity index (χ2n) is 4.00. The molecule has 0 spiro atoms. The van der Waals surface area contributed by atoms with Gasteiger partial charge in [-0.2, -0.15) is 0 Å². The standard InChI is InChI=1S/2C4H8N2O3.C3H7NO3/c5-1-3(7)9-4(8)2-6;5-2(4(8)9)1-3(6)7;4-2(1-5)3(6)7/h1-2,5-6H2;2H,1,5H2,(H2,6,7)(H,8,9);2,5H,1,4H2,(H,6,7)/t;2*2-/m.00/s1. The van der Waals surface area contributed by atoms with Crippen LogP contribution in [0.2, 0.25) is 0 Å². The summed E-state index contributed by atoms with van der Waals surface area (Å²) in [6.07, 6.45) is -0.310. The van der Waals surface area contributed by atoms with Crippen LogP contribution in [-0.2, 0) is 28.7 Å². The van der Waals surface area contributed by atoms with E-state index in [1.54, 1.807) is 0 Å². The molecule has 0 rings (SSSR count). The quantitative estimate of drug-likeness (QED) is 0.154. The highest BCUT2D eigenvalue weighted by Gasteiger charge is 2.13. The summed E-state index contributed by atoms with van der Waals surface area (Å²) in [5, 5.41) is 24.0. The number of amides is 1. The normalized spacial score (nSPS) is 11.4. The lowest BCUT2D eigenvalue weighted by molar-refractivity contribution is -0.157. The molecule has 0 aliphatic heterocycles. The number of aliphatic hydroxyl groups excluding tert-OH is 1. The van der Waals surface area contributed by atoms with Gasteiger partial charge in [0.05, 0.1) is 26.1 Å². The fraction of sp³-hybridized carbons (Fsp3) is 0.545. The SMILES string of the molecule is NC(=O)C[C@H](N)C(=O)O.NCC(=O)OC(=O)CN.N[C@@H](CO)C(=O)O. The minimum Gasteiger partial charge on any atom is -0.480 e. The van der Waals surface area contributed by atoms with Crippen molar-refractivity contribution in [2.75, 3.05) is 19.7 Å². The van der Waals surface area contributed by atoms with Crippen molar-refractivity contribution in [3.63, 3.8) is 0 Å². The molecule has 2 atom stereocenters. The average Bonchev–Trinajstić information content (AvgIpc) is 2.53. The fourth-order valence-electron chi connectivity index (χ4n) is 0.592. The van der Waals surface area contributed by atoms with Crippen LogP contribution in [0.1, 0.15) is 6.42 Å². The number of nitrogens with two attached hydrogens (primary N) is 5. The van der Waals surface area contributed by atoms with Crippen molar-refractivity contribution in [3.05, 3.63) is 0 Å². The Morgan fingerprint density at radius 1 is 0.840 bits per heavy atom. The number of carbonyl (C=O) groups excluding carboxylic acids is 3. The maximum Gasteiger partial charge on any atom is 0.327 e. The highest BCUT2D eigenvalue weighted by atomic mass is 16.6. The first kappa shape index (κ1) is 27.2. The third-order valence-corrected chi connectivity index (χ3v) is 1.81. The predicted octanol–water partition coefficient (Wildman–Crippen LogP) is -5.36. The average molecular weight is 369 g/mol. The van der Waals surface area contributed by atoms with Crippen molar-refractivity contribution in [1.29, 1.82) is 0 Å². The van der Waals surface area contributed by atoms with Crippen LogP contribution in [0.25, 0.3) is 0 Å². The van der Waals surface area contributed by atoms with Gasteiger partial charge in [0.2, 0.25) is 5.91 Å². The van der Waals surface area contributed by atoms with E-state index < -0.39 is 48.5 Å². The summed E-state index contributed by atoms with van der Waals surface area (Å²) in [6.45, 7) is -1.10. The van der Waals surface area contributed by atoms with Crippen molar-refractivity contribution < 1.29 is 44.0 Å². The van der Waals surface area contributed by atoms with Crippen LogP contribution in [0.3, 0.4) is 0 Å². The number of carboxylic acids is 2. The Kier molecular flexibility index (Phi) is 17.6. The zero-order valence-corrected chi connectivity index (χ0v) is 13.2. The van der Waals surface area contributed by atoms with Crippen LogP contribution in [0.15, 0.2) is 0 Å². The van der Waals surface area contributed by atoms with Crippen molar-refractivity contribution in [2.45, 2.75) is 18.5 Å². The van der Waals surface area contributed by atoms with Gasteiger partial charge in [0.15, 0.2) is 0 Å². The number of hydrogen-bond acceptors (Lipinski definition) is 11. The monoisotopic (exact) mass is 369 g/mol. The number of rotatable bonds is 7. The van der Waals surface area contributed by atoms with E-state index in [1.807, 2.05) is 0 Å². The van der Waals surface area contributed by atoms with Crippen LogP contribution < -0.4 is 28.7 Å². The Labute approximate surface area is 141 Å². The molecule has 0 aliphatic carbocycles. The van der Waals surface area contributed by atoms with Gasteiger partial charge in [-0.05, 0) is 0 Å². The van der Waals surface area contributed by atoms with E-state index in [0.29, 0.717) is 0 Å². The van der Waals surface area contributed by atoms with Crippen LogP contribution in [-0.4, -0.2) is 76.9 Å². The summed E-state index contributed by atoms with van der Waals surface area (Å²) in [6, 6.07) is -2.29. The molecule has 0 heterocycles. The van der Waals surface area contributed by atoms with Gasteiger partial charge in [-0.3, -0.25) is 24.0 Å². The lowest BCUT2D eigenvalue weighted by atomic mass is 10.2. The van der Waals surface area contributed by atoms with Crippen molar-refractivity contribution >= 4 is 29.8 Å². The Morgan fingerprint density at radius 3 is 1.32 bits per heavy atom. The minimum atomic E-state index is -1.21. The van der Waals surface area contributed by atoms with Crippen LogP contribution >= 0.6 is 0 Å². The van der Waals surface area contributed by atoms with Gasteiger partial charge in [0.1, 0.15) is 12.1 Å². The molecule has 25 heavy (non-hydrogen) atoms. The summed E-state index contributed by atoms with van der Waals surface area (Å²) in [5.41, 5.74) is 23.9. The smallest absolute Gasteiger partial charge is 0.327 e. The van der Waals surface area contributed by atoms with E-state index in [-0.39, 0.29) is 19.5 Å². The first-order valence-electron chi connectivity index (χ1n) is 6.42. The molecule has 0 bridgehead atoms. The molecule has 0 aromatic heterocycles. The molecule has 14 nitrogen and oxygen atoms in total. The number of primary amides is 1. The molecular formula is C11H23N5O9. The number of aliphatic hydroxyl groups is 1. The van der Waals surface area contributed by atoms with Gasteiger partial charge in [0.25, 0.3) is 0 Å². The molecular weight excluding hydrogens is 346 g/mol. The number of carboxylic acid groups (broad SMARTS) is 2. The van der Waals surface area contributed by atoms with Gasteiger partial charge >= 0.3 is 23.9 Å². The Balaban J connectivity index is -0.000000293. The summed E-state index contributed by atoms with van der Waals surface area (Å²) in [7, 11) is 0. The van der Waals surface area contributed by atoms with Crippen molar-refractivity contribution in [3.8, 4) is 0 Å². The molecule has 13 N–H and O–H groups in total. The van der Waals surface area contributed by atoms with Gasteiger partial charge < -0.3 is 48.7 Å². The molecule has 0 aromatic rings. The largest absolute Gasteiger partial charge is 0.480 e. The molecule has 0 aliphatic rings. The van der Waals surface area contributed by atoms with Crippen molar-refractivity contribution in [2.24, 2.45) is 28.7 Å². The maximum absolute atomic E-state index is 10.2. The van der Waals surface area contributed by atoms with Gasteiger partial charge in [-0.15, -0.1) is 0 Å². The topological polar surface area (TPSA) is 285 Å². The maximum atomic E-state index is 10.2. The number of hydrogen-bond donors (Lipinski definition) is 8. The van der Waals surface area contributed by atoms with E-state index in [9.17, 15) is 24.0 Å². The highest BCUT2D eigenvalue weighted by molar-refractivity contribution is 5.87. The molecule has 14 heteroatoms. The zero-order chi connectivity index (χ0) is 20.6. The number of carbonyl (C=O) groups is 5. The third kappa shape index (κ3) is 21.4. The van der Waals surface area contributed by atoms with E-state index in [2.05, 4.69) is 10.5 Å². The first-order valence-corrected chi connectivity index (χ1v) is 6.42. The van der Waals surface area contributed by atoms with Gasteiger partial charge in [-0.1, -0.05) is 0 Å². The molecule has 0 saturated carbocycles. The summed E-state index contributed by atoms with van der Waals surface area (Å²) < 4.78 is 4.02. The van der Waals surface area contributed by atoms with Gasteiger partial charge in [-0.25, -0.2) is 0 Å². The van der Waals surface area contributed by atoms with E-state index in [0.717, 1.165) is 0 Å². The molecule has 0 unspecified atom stereocenters. The first-order chi connectivity index (χ1) is 11.4.